The fourth-order valence-corrected chi connectivity index (χ4v) is 5.57. The lowest BCUT2D eigenvalue weighted by atomic mass is 9.89. The molecule has 45 heavy (non-hydrogen) atoms. The van der Waals surface area contributed by atoms with E-state index in [0.717, 1.165) is 18.2 Å². The second-order valence-electron chi connectivity index (χ2n) is 9.40. The van der Waals surface area contributed by atoms with Crippen LogP contribution in [-0.4, -0.2) is 40.0 Å². The van der Waals surface area contributed by atoms with Crippen molar-refractivity contribution in [2.75, 3.05) is 10.8 Å². The lowest BCUT2D eigenvalue weighted by Gasteiger charge is -2.35. The number of rotatable bonds is 6. The molecule has 1 unspecified atom stereocenters. The van der Waals surface area contributed by atoms with Gasteiger partial charge in [0.25, 0.3) is 5.60 Å². The first-order valence-electron chi connectivity index (χ1n) is 12.9. The Labute approximate surface area is 256 Å². The van der Waals surface area contributed by atoms with Crippen molar-refractivity contribution in [3.8, 4) is 12.8 Å². The van der Waals surface area contributed by atoms with E-state index in [-0.39, 0.29) is 35.0 Å². The normalized spacial score (nSPS) is 14.3. The highest BCUT2D eigenvalue weighted by molar-refractivity contribution is 7.86. The Hall–Kier alpha value is -4.42. The van der Waals surface area contributed by atoms with Gasteiger partial charge >= 0.3 is 12.4 Å². The highest BCUT2D eigenvalue weighted by Gasteiger charge is 2.71. The molecule has 15 heteroatoms. The number of carbonyl (C=O) groups excluding carboxylic acids is 2. The largest absolute Gasteiger partial charge is 0.430 e. The molecule has 2 atom stereocenters. The molecule has 4 rings (SSSR count). The Morgan fingerprint density at radius 2 is 1.51 bits per heavy atom. The van der Waals surface area contributed by atoms with Crippen LogP contribution in [0.15, 0.2) is 77.7 Å². The molecule has 1 heterocycles. The number of nitrogens with two attached hydrogens (primary N) is 1. The first kappa shape index (κ1) is 36.8. The Kier molecular flexibility index (Phi) is 12.3. The summed E-state index contributed by atoms with van der Waals surface area (Å²) in [5.74, 6) is -1.39. The van der Waals surface area contributed by atoms with Gasteiger partial charge in [-0.25, -0.2) is 8.60 Å². The zero-order valence-electron chi connectivity index (χ0n) is 23.5. The number of aliphatic hydroxyl groups is 1. The van der Waals surface area contributed by atoms with Gasteiger partial charge in [0.15, 0.2) is 11.0 Å². The molecule has 0 radical (unpaired) electrons. The Bertz CT molecular complexity index is 1500. The molecule has 242 valence electrons. The number of nitrogens with zero attached hydrogens (tertiary/aromatic N) is 1. The first-order valence-corrected chi connectivity index (χ1v) is 14.0. The number of nitrogens with one attached hydrogen (secondary N) is 1. The minimum absolute atomic E-state index is 0.0936. The van der Waals surface area contributed by atoms with Crippen LogP contribution in [-0.2, 0) is 32.6 Å². The van der Waals surface area contributed by atoms with E-state index < -0.39 is 52.3 Å². The third-order valence-corrected chi connectivity index (χ3v) is 7.83. The molecule has 0 aromatic heterocycles. The fourth-order valence-electron chi connectivity index (χ4n) is 4.29. The van der Waals surface area contributed by atoms with Crippen LogP contribution in [0.5, 0.6) is 0 Å². The number of alkyl halides is 6. The summed E-state index contributed by atoms with van der Waals surface area (Å²) in [5, 5.41) is 12.1. The molecule has 1 aliphatic heterocycles. The maximum atomic E-state index is 13.1. The number of terminal acetylenes is 1. The number of aryl methyl sites for hydroxylation is 1. The lowest BCUT2D eigenvalue weighted by Crippen LogP contribution is -2.54. The van der Waals surface area contributed by atoms with Crippen LogP contribution in [0.2, 0.25) is 0 Å². The smallest absolute Gasteiger partial charge is 0.369 e. The Balaban J connectivity index is 0.000000370. The molecule has 2 amide bonds. The summed E-state index contributed by atoms with van der Waals surface area (Å²) < 4.78 is 106. The first-order chi connectivity index (χ1) is 21.0. The van der Waals surface area contributed by atoms with Crippen LogP contribution in [0, 0.1) is 18.7 Å². The van der Waals surface area contributed by atoms with E-state index in [1.165, 1.54) is 23.4 Å². The van der Waals surface area contributed by atoms with Crippen LogP contribution in [0.4, 0.5) is 36.4 Å². The van der Waals surface area contributed by atoms with Crippen molar-refractivity contribution in [2.24, 2.45) is 5.73 Å². The highest BCUT2D eigenvalue weighted by atomic mass is 32.2. The van der Waals surface area contributed by atoms with Gasteiger partial charge in [-0.2, -0.15) is 26.3 Å². The number of halogens is 7. The fraction of sp³-hybridized carbons (Fsp3) is 0.267. The van der Waals surface area contributed by atoms with Crippen molar-refractivity contribution in [2.45, 2.75) is 48.7 Å². The number of hydrogen-bond donors (Lipinski definition) is 3. The standard InChI is InChI=1S/C18H14F7NO2S.C10H12N2O2.C2H2/c19-13-4-6-14(7-5-13)29(28)26-9-1-2-11-10-12(3-8-15(11)26)16(27,17(20,21)22)18(23,24)25;1-7(13)12-9(10(11)14)8-5-3-2-4-6-8;1-2/h3-8,10,27H,1-2,9H2;2-6,9H,1H3,(H2,11,14)(H,12,13);1-2H/t;9-;/m.0./s1. The van der Waals surface area contributed by atoms with Gasteiger partial charge in [0.2, 0.25) is 11.8 Å². The van der Waals surface area contributed by atoms with E-state index in [0.29, 0.717) is 24.1 Å². The van der Waals surface area contributed by atoms with Crippen molar-refractivity contribution >= 4 is 28.5 Å². The summed E-state index contributed by atoms with van der Waals surface area (Å²) >= 11 is 0. The van der Waals surface area contributed by atoms with Crippen LogP contribution in [0.3, 0.4) is 0 Å². The number of carbonyl (C=O) groups is 2. The molecule has 0 bridgehead atoms. The predicted octanol–water partition coefficient (Wildman–Crippen LogP) is 5.21. The average molecular weight is 660 g/mol. The van der Waals surface area contributed by atoms with Gasteiger partial charge in [0, 0.05) is 19.0 Å². The molecule has 1 aliphatic rings. The van der Waals surface area contributed by atoms with Crippen LogP contribution in [0.1, 0.15) is 36.1 Å². The summed E-state index contributed by atoms with van der Waals surface area (Å²) in [5.41, 5.74) is -0.240. The van der Waals surface area contributed by atoms with Gasteiger partial charge in [0.1, 0.15) is 11.9 Å². The molecule has 3 aromatic carbocycles. The average Bonchev–Trinajstić information content (AvgIpc) is 2.99. The zero-order chi connectivity index (χ0) is 34.2. The van der Waals surface area contributed by atoms with E-state index in [9.17, 15) is 49.6 Å². The van der Waals surface area contributed by atoms with Gasteiger partial charge in [-0.15, -0.1) is 12.8 Å². The molecular formula is C30H28F7N3O4S. The van der Waals surface area contributed by atoms with Crippen LogP contribution in [0.25, 0.3) is 0 Å². The van der Waals surface area contributed by atoms with E-state index >= 15 is 0 Å². The SMILES string of the molecule is C#C.CC(=O)N[C@H](C(N)=O)c1ccccc1.O=S(c1ccc(F)cc1)N1CCCc2cc(C(O)(C(F)(F)F)C(F)(F)F)ccc21. The third-order valence-electron chi connectivity index (χ3n) is 6.37. The number of benzene rings is 3. The van der Waals surface area contributed by atoms with E-state index in [4.69, 9.17) is 5.73 Å². The molecule has 0 spiro atoms. The van der Waals surface area contributed by atoms with Gasteiger partial charge in [-0.1, -0.05) is 42.5 Å². The van der Waals surface area contributed by atoms with Crippen molar-refractivity contribution in [1.29, 1.82) is 0 Å². The summed E-state index contributed by atoms with van der Waals surface area (Å²) in [6.07, 6.45) is -3.50. The molecule has 7 nitrogen and oxygen atoms in total. The topological polar surface area (TPSA) is 113 Å². The van der Waals surface area contributed by atoms with Crippen LogP contribution >= 0.6 is 0 Å². The maximum Gasteiger partial charge on any atom is 0.430 e. The molecule has 0 saturated carbocycles. The molecule has 3 aromatic rings. The zero-order valence-corrected chi connectivity index (χ0v) is 24.3. The third kappa shape index (κ3) is 8.61. The Morgan fingerprint density at radius 3 is 2.00 bits per heavy atom. The number of anilines is 1. The van der Waals surface area contributed by atoms with E-state index in [1.54, 1.807) is 24.3 Å². The van der Waals surface area contributed by atoms with Crippen molar-refractivity contribution in [3.63, 3.8) is 0 Å². The summed E-state index contributed by atoms with van der Waals surface area (Å²) in [6.45, 7) is 1.58. The molecule has 0 aliphatic carbocycles. The van der Waals surface area contributed by atoms with E-state index in [1.807, 2.05) is 6.07 Å². The molecule has 0 fully saturated rings. The van der Waals surface area contributed by atoms with Crippen molar-refractivity contribution in [1.82, 2.24) is 5.32 Å². The maximum absolute atomic E-state index is 13.1. The lowest BCUT2D eigenvalue weighted by molar-refractivity contribution is -0.376. The number of primary amides is 1. The molecule has 4 N–H and O–H groups in total. The van der Waals surface area contributed by atoms with Gasteiger partial charge in [0.05, 0.1) is 10.6 Å². The highest BCUT2D eigenvalue weighted by Crippen LogP contribution is 2.50. The second kappa shape index (κ2) is 15.0. The summed E-state index contributed by atoms with van der Waals surface area (Å²) in [7, 11) is -1.84. The van der Waals surface area contributed by atoms with Crippen molar-refractivity contribution in [3.05, 3.63) is 95.3 Å². The monoisotopic (exact) mass is 659 g/mol. The summed E-state index contributed by atoms with van der Waals surface area (Å²) in [4.78, 5) is 22.1. The summed E-state index contributed by atoms with van der Waals surface area (Å²) in [6, 6.07) is 15.0. The number of hydrogen-bond acceptors (Lipinski definition) is 4. The second-order valence-corrected chi connectivity index (χ2v) is 10.8. The van der Waals surface area contributed by atoms with Crippen LogP contribution < -0.4 is 15.4 Å². The Morgan fingerprint density at radius 1 is 0.956 bits per heavy atom. The van der Waals surface area contributed by atoms with Crippen molar-refractivity contribution < 1.29 is 49.6 Å². The quantitative estimate of drug-likeness (QED) is 0.249. The minimum Gasteiger partial charge on any atom is -0.369 e. The van der Waals surface area contributed by atoms with Gasteiger partial charge in [-0.05, 0) is 54.3 Å². The number of amides is 2. The molecule has 0 saturated heterocycles. The van der Waals surface area contributed by atoms with E-state index in [2.05, 4.69) is 18.2 Å². The predicted molar refractivity (Wildman–Crippen MR) is 153 cm³/mol. The molecular weight excluding hydrogens is 631 g/mol. The minimum atomic E-state index is -5.98. The van der Waals surface area contributed by atoms with Gasteiger partial charge in [-0.3, -0.25) is 13.9 Å². The number of fused-ring (bicyclic) bond motifs is 1. The van der Waals surface area contributed by atoms with Gasteiger partial charge < -0.3 is 16.2 Å².